The number of anilines is 1. The number of nitrogens with zero attached hydrogens (tertiary/aromatic N) is 1. The van der Waals surface area contributed by atoms with Crippen molar-refractivity contribution in [3.8, 4) is 5.75 Å². The Labute approximate surface area is 118 Å². The van der Waals surface area contributed by atoms with Gasteiger partial charge in [0.25, 0.3) is 0 Å². The highest BCUT2D eigenvalue weighted by atomic mass is 16.5. The van der Waals surface area contributed by atoms with Gasteiger partial charge in [0.2, 0.25) is 5.91 Å². The highest BCUT2D eigenvalue weighted by Crippen LogP contribution is 2.20. The molecule has 0 radical (unpaired) electrons. The number of aromatic nitrogens is 2. The molecule has 2 aromatic rings. The number of hydrogen-bond donors (Lipinski definition) is 2. The summed E-state index contributed by atoms with van der Waals surface area (Å²) in [5.41, 5.74) is 3.20. The van der Waals surface area contributed by atoms with Gasteiger partial charge in [-0.25, -0.2) is 0 Å². The minimum Gasteiger partial charge on any atom is -0.493 e. The molecule has 106 valence electrons. The van der Waals surface area contributed by atoms with Crippen LogP contribution in [0.3, 0.4) is 0 Å². The third-order valence-electron chi connectivity index (χ3n) is 3.12. The minimum absolute atomic E-state index is 0.109. The summed E-state index contributed by atoms with van der Waals surface area (Å²) in [7, 11) is 0. The molecule has 1 amide bonds. The molecule has 0 unspecified atom stereocenters. The minimum atomic E-state index is -0.109. The number of carbonyl (C=O) groups excluding carboxylic acids is 1. The number of nitrogens with one attached hydrogen (secondary N) is 2. The number of aryl methyl sites for hydroxylation is 2. The largest absolute Gasteiger partial charge is 0.493 e. The number of H-pyrrole nitrogens is 1. The van der Waals surface area contributed by atoms with E-state index in [0.29, 0.717) is 18.8 Å². The standard InChI is InChI=1S/C15H19N3O2/c1-10-5-4-6-13(12(10)3)20-8-7-15(19)16-14-9-11(2)17-18-14/h4-6,9H,7-8H2,1-3H3,(H2,16,17,18,19). The van der Waals surface area contributed by atoms with E-state index in [1.54, 1.807) is 6.07 Å². The van der Waals surface area contributed by atoms with Crippen LogP contribution in [0, 0.1) is 20.8 Å². The average Bonchev–Trinajstić information content (AvgIpc) is 2.80. The Kier molecular flexibility index (Phi) is 4.40. The topological polar surface area (TPSA) is 67.0 Å². The third kappa shape index (κ3) is 3.60. The van der Waals surface area contributed by atoms with Crippen LogP contribution < -0.4 is 10.1 Å². The molecule has 1 aromatic carbocycles. The normalized spacial score (nSPS) is 10.3. The maximum absolute atomic E-state index is 11.7. The number of ether oxygens (including phenoxy) is 1. The molecule has 5 heteroatoms. The quantitative estimate of drug-likeness (QED) is 0.880. The Morgan fingerprint density at radius 3 is 2.85 bits per heavy atom. The average molecular weight is 273 g/mol. The third-order valence-corrected chi connectivity index (χ3v) is 3.12. The van der Waals surface area contributed by atoms with E-state index in [-0.39, 0.29) is 5.91 Å². The van der Waals surface area contributed by atoms with Crippen LogP contribution in [0.2, 0.25) is 0 Å². The Morgan fingerprint density at radius 1 is 1.35 bits per heavy atom. The summed E-state index contributed by atoms with van der Waals surface area (Å²) >= 11 is 0. The van der Waals surface area contributed by atoms with E-state index in [0.717, 1.165) is 17.0 Å². The summed E-state index contributed by atoms with van der Waals surface area (Å²) in [5, 5.41) is 9.44. The van der Waals surface area contributed by atoms with Crippen molar-refractivity contribution >= 4 is 11.7 Å². The molecule has 0 aliphatic heterocycles. The van der Waals surface area contributed by atoms with E-state index >= 15 is 0 Å². The Bertz CT molecular complexity index is 605. The van der Waals surface area contributed by atoms with Crippen LogP contribution in [0.5, 0.6) is 5.75 Å². The van der Waals surface area contributed by atoms with Gasteiger partial charge in [-0.1, -0.05) is 12.1 Å². The van der Waals surface area contributed by atoms with Gasteiger partial charge in [-0.3, -0.25) is 9.89 Å². The highest BCUT2D eigenvalue weighted by Gasteiger charge is 2.06. The van der Waals surface area contributed by atoms with Crippen LogP contribution in [0.15, 0.2) is 24.3 Å². The molecule has 1 heterocycles. The lowest BCUT2D eigenvalue weighted by molar-refractivity contribution is -0.116. The Morgan fingerprint density at radius 2 is 2.15 bits per heavy atom. The van der Waals surface area contributed by atoms with Gasteiger partial charge in [-0.15, -0.1) is 0 Å². The first kappa shape index (κ1) is 14.1. The summed E-state index contributed by atoms with van der Waals surface area (Å²) in [5.74, 6) is 1.26. The van der Waals surface area contributed by atoms with Crippen LogP contribution in [0.4, 0.5) is 5.82 Å². The molecular formula is C15H19N3O2. The molecule has 0 bridgehead atoms. The van der Waals surface area contributed by atoms with Crippen LogP contribution in [0.1, 0.15) is 23.2 Å². The molecule has 0 fully saturated rings. The van der Waals surface area contributed by atoms with Crippen molar-refractivity contribution in [3.05, 3.63) is 41.1 Å². The highest BCUT2D eigenvalue weighted by molar-refractivity contribution is 5.89. The number of carbonyl (C=O) groups is 1. The number of benzene rings is 1. The van der Waals surface area contributed by atoms with Crippen molar-refractivity contribution < 1.29 is 9.53 Å². The van der Waals surface area contributed by atoms with Crippen molar-refractivity contribution in [2.75, 3.05) is 11.9 Å². The van der Waals surface area contributed by atoms with Crippen molar-refractivity contribution in [2.45, 2.75) is 27.2 Å². The summed E-state index contributed by atoms with van der Waals surface area (Å²) in [6.45, 7) is 6.28. The first-order chi connectivity index (χ1) is 9.56. The number of hydrogen-bond acceptors (Lipinski definition) is 3. The summed E-state index contributed by atoms with van der Waals surface area (Å²) in [4.78, 5) is 11.7. The van der Waals surface area contributed by atoms with E-state index in [9.17, 15) is 4.79 Å². The molecule has 2 N–H and O–H groups in total. The zero-order valence-corrected chi connectivity index (χ0v) is 12.0. The zero-order valence-electron chi connectivity index (χ0n) is 12.0. The lowest BCUT2D eigenvalue weighted by Crippen LogP contribution is -2.15. The molecule has 2 rings (SSSR count). The summed E-state index contributed by atoms with van der Waals surface area (Å²) < 4.78 is 5.64. The van der Waals surface area contributed by atoms with Crippen LogP contribution >= 0.6 is 0 Å². The monoisotopic (exact) mass is 273 g/mol. The van der Waals surface area contributed by atoms with Gasteiger partial charge >= 0.3 is 0 Å². The predicted octanol–water partition coefficient (Wildman–Crippen LogP) is 2.74. The lowest BCUT2D eigenvalue weighted by Gasteiger charge is -2.10. The molecule has 5 nitrogen and oxygen atoms in total. The number of aromatic amines is 1. The Hall–Kier alpha value is -2.30. The molecular weight excluding hydrogens is 254 g/mol. The first-order valence-electron chi connectivity index (χ1n) is 6.57. The van der Waals surface area contributed by atoms with Gasteiger partial charge in [-0.05, 0) is 38.0 Å². The first-order valence-corrected chi connectivity index (χ1v) is 6.57. The maximum Gasteiger partial charge on any atom is 0.229 e. The number of amides is 1. The SMILES string of the molecule is Cc1cc(NC(=O)CCOc2cccc(C)c2C)n[nH]1. The fraction of sp³-hybridized carbons (Fsp3) is 0.333. The van der Waals surface area contributed by atoms with E-state index in [4.69, 9.17) is 4.74 Å². The second kappa shape index (κ2) is 6.23. The van der Waals surface area contributed by atoms with E-state index < -0.39 is 0 Å². The van der Waals surface area contributed by atoms with Crippen molar-refractivity contribution in [1.82, 2.24) is 10.2 Å². The van der Waals surface area contributed by atoms with E-state index in [1.165, 1.54) is 5.56 Å². The van der Waals surface area contributed by atoms with Gasteiger partial charge in [0.05, 0.1) is 13.0 Å². The predicted molar refractivity (Wildman–Crippen MR) is 78.0 cm³/mol. The van der Waals surface area contributed by atoms with E-state index in [1.807, 2.05) is 39.0 Å². The summed E-state index contributed by atoms with van der Waals surface area (Å²) in [6, 6.07) is 7.68. The molecule has 1 aromatic heterocycles. The van der Waals surface area contributed by atoms with Gasteiger partial charge in [0.1, 0.15) is 5.75 Å². The fourth-order valence-corrected chi connectivity index (χ4v) is 1.82. The lowest BCUT2D eigenvalue weighted by atomic mass is 10.1. The second-order valence-electron chi connectivity index (χ2n) is 4.78. The second-order valence-corrected chi connectivity index (χ2v) is 4.78. The molecule has 0 aliphatic carbocycles. The van der Waals surface area contributed by atoms with Gasteiger partial charge in [0.15, 0.2) is 5.82 Å². The van der Waals surface area contributed by atoms with Crippen LogP contribution in [0.25, 0.3) is 0 Å². The molecule has 0 atom stereocenters. The summed E-state index contributed by atoms with van der Waals surface area (Å²) in [6.07, 6.45) is 0.291. The van der Waals surface area contributed by atoms with Crippen molar-refractivity contribution in [2.24, 2.45) is 0 Å². The van der Waals surface area contributed by atoms with Crippen LogP contribution in [-0.4, -0.2) is 22.7 Å². The smallest absolute Gasteiger partial charge is 0.229 e. The van der Waals surface area contributed by atoms with Gasteiger partial charge < -0.3 is 10.1 Å². The maximum atomic E-state index is 11.7. The van der Waals surface area contributed by atoms with Gasteiger partial charge in [-0.2, -0.15) is 5.10 Å². The Balaban J connectivity index is 1.81. The number of rotatable bonds is 5. The molecule has 0 saturated carbocycles. The zero-order chi connectivity index (χ0) is 14.5. The van der Waals surface area contributed by atoms with Crippen molar-refractivity contribution in [3.63, 3.8) is 0 Å². The molecule has 20 heavy (non-hydrogen) atoms. The van der Waals surface area contributed by atoms with Crippen LogP contribution in [-0.2, 0) is 4.79 Å². The van der Waals surface area contributed by atoms with E-state index in [2.05, 4.69) is 15.5 Å². The molecule has 0 saturated heterocycles. The fourth-order valence-electron chi connectivity index (χ4n) is 1.82. The van der Waals surface area contributed by atoms with Gasteiger partial charge in [0, 0.05) is 11.8 Å². The van der Waals surface area contributed by atoms with Crippen molar-refractivity contribution in [1.29, 1.82) is 0 Å². The molecule has 0 spiro atoms. The molecule has 0 aliphatic rings.